The minimum atomic E-state index is -0.988. The van der Waals surface area contributed by atoms with Crippen LogP contribution in [0.3, 0.4) is 0 Å². The fraction of sp³-hybridized carbons (Fsp3) is 0.308. The van der Waals surface area contributed by atoms with Crippen molar-refractivity contribution >= 4 is 28.0 Å². The predicted octanol–water partition coefficient (Wildman–Crippen LogP) is 3.34. The lowest BCUT2D eigenvalue weighted by Crippen LogP contribution is -1.99. The van der Waals surface area contributed by atoms with Gasteiger partial charge in [0, 0.05) is 6.08 Å². The van der Waals surface area contributed by atoms with Gasteiger partial charge in [-0.2, -0.15) is 0 Å². The Hall–Kier alpha value is -1.49. The Morgan fingerprint density at radius 1 is 1.33 bits per heavy atom. The van der Waals surface area contributed by atoms with Crippen LogP contribution in [0.4, 0.5) is 0 Å². The normalized spacial score (nSPS) is 10.6. The molecule has 0 heterocycles. The van der Waals surface area contributed by atoms with E-state index in [4.69, 9.17) is 14.6 Å². The number of hydrogen-bond acceptors (Lipinski definition) is 3. The van der Waals surface area contributed by atoms with Crippen LogP contribution >= 0.6 is 15.9 Å². The zero-order valence-electron chi connectivity index (χ0n) is 10.3. The summed E-state index contributed by atoms with van der Waals surface area (Å²) in [6, 6.07) is 3.53. The van der Waals surface area contributed by atoms with E-state index in [2.05, 4.69) is 15.9 Å². The summed E-state index contributed by atoms with van der Waals surface area (Å²) >= 11 is 3.39. The molecule has 0 aliphatic rings. The monoisotopic (exact) mass is 314 g/mol. The van der Waals surface area contributed by atoms with E-state index in [1.165, 1.54) is 6.08 Å². The van der Waals surface area contributed by atoms with E-state index in [9.17, 15) is 4.79 Å². The largest absolute Gasteiger partial charge is 0.490 e. The van der Waals surface area contributed by atoms with Gasteiger partial charge in [0.05, 0.1) is 17.7 Å². The maximum absolute atomic E-state index is 10.5. The van der Waals surface area contributed by atoms with E-state index in [1.54, 1.807) is 12.1 Å². The smallest absolute Gasteiger partial charge is 0.328 e. The summed E-state index contributed by atoms with van der Waals surface area (Å²) in [4.78, 5) is 10.5. The molecule has 18 heavy (non-hydrogen) atoms. The molecular weight excluding hydrogens is 300 g/mol. The van der Waals surface area contributed by atoms with Gasteiger partial charge in [-0.25, -0.2) is 4.79 Å². The van der Waals surface area contributed by atoms with Crippen molar-refractivity contribution < 1.29 is 19.4 Å². The van der Waals surface area contributed by atoms with Crippen molar-refractivity contribution in [3.05, 3.63) is 28.2 Å². The lowest BCUT2D eigenvalue weighted by Gasteiger charge is -2.13. The van der Waals surface area contributed by atoms with Gasteiger partial charge in [-0.05, 0) is 53.5 Å². The number of carboxylic acids is 1. The second kappa shape index (κ2) is 7.06. The molecule has 0 saturated heterocycles. The molecule has 0 fully saturated rings. The van der Waals surface area contributed by atoms with E-state index in [0.717, 1.165) is 16.1 Å². The Bertz CT molecular complexity index is 455. The van der Waals surface area contributed by atoms with Crippen molar-refractivity contribution in [3.8, 4) is 11.5 Å². The predicted molar refractivity (Wildman–Crippen MR) is 73.1 cm³/mol. The lowest BCUT2D eigenvalue weighted by molar-refractivity contribution is -0.131. The summed E-state index contributed by atoms with van der Waals surface area (Å²) in [5.74, 6) is 0.239. The second-order valence-electron chi connectivity index (χ2n) is 3.37. The molecule has 0 unspecified atom stereocenters. The molecule has 1 N–H and O–H groups in total. The summed E-state index contributed by atoms with van der Waals surface area (Å²) in [7, 11) is 0. The first-order valence-electron chi connectivity index (χ1n) is 5.58. The third-order valence-electron chi connectivity index (χ3n) is 2.04. The highest BCUT2D eigenvalue weighted by molar-refractivity contribution is 9.10. The minimum Gasteiger partial charge on any atom is -0.490 e. The fourth-order valence-electron chi connectivity index (χ4n) is 1.40. The Kier molecular flexibility index (Phi) is 5.71. The molecule has 0 bridgehead atoms. The fourth-order valence-corrected chi connectivity index (χ4v) is 1.97. The third kappa shape index (κ3) is 4.07. The van der Waals surface area contributed by atoms with Gasteiger partial charge in [-0.1, -0.05) is 0 Å². The highest BCUT2D eigenvalue weighted by Crippen LogP contribution is 2.37. The van der Waals surface area contributed by atoms with Crippen LogP contribution in [-0.4, -0.2) is 24.3 Å². The topological polar surface area (TPSA) is 55.8 Å². The zero-order valence-corrected chi connectivity index (χ0v) is 11.9. The zero-order chi connectivity index (χ0) is 13.5. The average Bonchev–Trinajstić information content (AvgIpc) is 2.31. The van der Waals surface area contributed by atoms with E-state index in [0.29, 0.717) is 24.7 Å². The average molecular weight is 315 g/mol. The molecule has 1 aromatic rings. The molecular formula is C13H15BrO4. The van der Waals surface area contributed by atoms with Crippen LogP contribution in [0.25, 0.3) is 6.08 Å². The van der Waals surface area contributed by atoms with Gasteiger partial charge in [-0.3, -0.25) is 0 Å². The Labute approximate surface area is 114 Å². The molecule has 0 aromatic heterocycles. The van der Waals surface area contributed by atoms with Crippen molar-refractivity contribution in [2.75, 3.05) is 13.2 Å². The summed E-state index contributed by atoms with van der Waals surface area (Å²) < 4.78 is 11.7. The number of ether oxygens (including phenoxy) is 2. The van der Waals surface area contributed by atoms with Crippen LogP contribution in [-0.2, 0) is 4.79 Å². The molecule has 5 heteroatoms. The molecule has 0 amide bonds. The van der Waals surface area contributed by atoms with Crippen LogP contribution in [0, 0.1) is 0 Å². The molecule has 0 radical (unpaired) electrons. The van der Waals surface area contributed by atoms with Crippen molar-refractivity contribution in [1.82, 2.24) is 0 Å². The van der Waals surface area contributed by atoms with Crippen LogP contribution in [0.1, 0.15) is 19.4 Å². The van der Waals surface area contributed by atoms with Crippen molar-refractivity contribution in [1.29, 1.82) is 0 Å². The van der Waals surface area contributed by atoms with E-state index in [-0.39, 0.29) is 0 Å². The molecule has 1 aromatic carbocycles. The van der Waals surface area contributed by atoms with Crippen LogP contribution in [0.15, 0.2) is 22.7 Å². The molecule has 0 spiro atoms. The number of halogens is 1. The molecule has 0 atom stereocenters. The highest BCUT2D eigenvalue weighted by Gasteiger charge is 2.10. The van der Waals surface area contributed by atoms with Crippen molar-refractivity contribution in [2.45, 2.75) is 13.8 Å². The Morgan fingerprint density at radius 3 is 2.56 bits per heavy atom. The maximum Gasteiger partial charge on any atom is 0.328 e. The van der Waals surface area contributed by atoms with Gasteiger partial charge in [0.2, 0.25) is 0 Å². The highest BCUT2D eigenvalue weighted by atomic mass is 79.9. The van der Waals surface area contributed by atoms with Crippen molar-refractivity contribution in [3.63, 3.8) is 0 Å². The lowest BCUT2D eigenvalue weighted by atomic mass is 10.2. The molecule has 0 aliphatic heterocycles. The van der Waals surface area contributed by atoms with Gasteiger partial charge < -0.3 is 14.6 Å². The van der Waals surface area contributed by atoms with Gasteiger partial charge in [0.15, 0.2) is 11.5 Å². The summed E-state index contributed by atoms with van der Waals surface area (Å²) in [6.45, 7) is 4.81. The van der Waals surface area contributed by atoms with E-state index >= 15 is 0 Å². The molecule has 98 valence electrons. The van der Waals surface area contributed by atoms with Crippen LogP contribution in [0.2, 0.25) is 0 Å². The third-order valence-corrected chi connectivity index (χ3v) is 2.63. The number of hydrogen-bond donors (Lipinski definition) is 1. The summed E-state index contributed by atoms with van der Waals surface area (Å²) in [6.07, 6.45) is 2.59. The quantitative estimate of drug-likeness (QED) is 0.818. The standard InChI is InChI=1S/C13H15BrO4/c1-3-17-11-8-9(5-6-12(15)16)7-10(14)13(11)18-4-2/h5-8H,3-4H2,1-2H3,(H,15,16). The van der Waals surface area contributed by atoms with E-state index in [1.807, 2.05) is 13.8 Å². The summed E-state index contributed by atoms with van der Waals surface area (Å²) in [5, 5.41) is 8.60. The molecule has 0 aliphatic carbocycles. The number of rotatable bonds is 6. The Morgan fingerprint density at radius 2 is 2.00 bits per heavy atom. The second-order valence-corrected chi connectivity index (χ2v) is 4.22. The number of aliphatic carboxylic acids is 1. The number of carboxylic acid groups (broad SMARTS) is 1. The number of benzene rings is 1. The number of carbonyl (C=O) groups is 1. The van der Waals surface area contributed by atoms with Crippen LogP contribution in [0.5, 0.6) is 11.5 Å². The Balaban J connectivity index is 3.13. The molecule has 1 rings (SSSR count). The molecule has 0 saturated carbocycles. The van der Waals surface area contributed by atoms with Crippen LogP contribution < -0.4 is 9.47 Å². The van der Waals surface area contributed by atoms with Gasteiger partial charge >= 0.3 is 5.97 Å². The van der Waals surface area contributed by atoms with Gasteiger partial charge in [-0.15, -0.1) is 0 Å². The minimum absolute atomic E-state index is 0.513. The summed E-state index contributed by atoms with van der Waals surface area (Å²) in [5.41, 5.74) is 0.733. The van der Waals surface area contributed by atoms with Gasteiger partial charge in [0.1, 0.15) is 0 Å². The van der Waals surface area contributed by atoms with E-state index < -0.39 is 5.97 Å². The first-order valence-corrected chi connectivity index (χ1v) is 6.37. The molecule has 4 nitrogen and oxygen atoms in total. The SMILES string of the molecule is CCOc1cc(C=CC(=O)O)cc(Br)c1OCC. The first kappa shape index (κ1) is 14.6. The van der Waals surface area contributed by atoms with Crippen molar-refractivity contribution in [2.24, 2.45) is 0 Å². The van der Waals surface area contributed by atoms with Gasteiger partial charge in [0.25, 0.3) is 0 Å². The first-order chi connectivity index (χ1) is 8.58. The maximum atomic E-state index is 10.5.